The molecule has 0 aliphatic carbocycles. The molecule has 140 valence electrons. The number of carbonyl (C=O) groups is 1. The van der Waals surface area contributed by atoms with Gasteiger partial charge in [-0.3, -0.25) is 4.99 Å². The molecule has 0 radical (unpaired) electrons. The Bertz CT molecular complexity index is 573. The van der Waals surface area contributed by atoms with Crippen LogP contribution in [0.2, 0.25) is 0 Å². The average Bonchev–Trinajstić information content (AvgIpc) is 2.51. The van der Waals surface area contributed by atoms with Gasteiger partial charge in [0.25, 0.3) is 0 Å². The predicted molar refractivity (Wildman–Crippen MR) is 103 cm³/mol. The normalized spacial score (nSPS) is 11.6. The molecule has 0 aromatic heterocycles. The first-order valence-electron chi connectivity index (χ1n) is 8.10. The molecule has 0 heterocycles. The Morgan fingerprint density at radius 2 is 1.84 bits per heavy atom. The van der Waals surface area contributed by atoms with Crippen molar-refractivity contribution in [3.63, 3.8) is 0 Å². The molecule has 0 saturated heterocycles. The Morgan fingerprint density at radius 3 is 2.48 bits per heavy atom. The summed E-state index contributed by atoms with van der Waals surface area (Å²) in [5.74, 6) is 1.45. The first-order chi connectivity index (χ1) is 11.8. The van der Waals surface area contributed by atoms with E-state index in [0.717, 1.165) is 10.2 Å². The van der Waals surface area contributed by atoms with Gasteiger partial charge in [-0.05, 0) is 39.0 Å². The maximum absolute atomic E-state index is 11.5. The largest absolute Gasteiger partial charge is 0.492 e. The molecule has 0 fully saturated rings. The van der Waals surface area contributed by atoms with E-state index in [0.29, 0.717) is 32.2 Å². The number of nitrogens with zero attached hydrogens (tertiary/aromatic N) is 1. The van der Waals surface area contributed by atoms with Gasteiger partial charge in [0, 0.05) is 24.6 Å². The summed E-state index contributed by atoms with van der Waals surface area (Å²) in [6, 6.07) is 7.68. The van der Waals surface area contributed by atoms with Crippen LogP contribution in [0.25, 0.3) is 0 Å². The van der Waals surface area contributed by atoms with Crippen LogP contribution in [0, 0.1) is 0 Å². The molecule has 0 aliphatic heterocycles. The van der Waals surface area contributed by atoms with E-state index in [9.17, 15) is 4.79 Å². The number of nitrogens with one attached hydrogen (secondary N) is 3. The number of carbonyl (C=O) groups excluding carboxylic acids is 1. The van der Waals surface area contributed by atoms with Crippen molar-refractivity contribution in [2.24, 2.45) is 4.99 Å². The summed E-state index contributed by atoms with van der Waals surface area (Å²) in [6.45, 7) is 7.56. The second kappa shape index (κ2) is 10.8. The molecule has 1 aromatic rings. The second-order valence-corrected chi connectivity index (χ2v) is 7.08. The van der Waals surface area contributed by atoms with E-state index in [4.69, 9.17) is 9.47 Å². The van der Waals surface area contributed by atoms with E-state index >= 15 is 0 Å². The number of amides is 1. The SMILES string of the molecule is CN=C(NCCNC(=O)OC(C)(C)C)NCCOc1cccc(Br)c1. The van der Waals surface area contributed by atoms with Crippen LogP contribution in [0.15, 0.2) is 33.7 Å². The molecular formula is C17H27BrN4O3. The summed E-state index contributed by atoms with van der Waals surface area (Å²) >= 11 is 3.40. The molecule has 1 aromatic carbocycles. The number of aliphatic imine (C=N–C) groups is 1. The van der Waals surface area contributed by atoms with Crippen molar-refractivity contribution >= 4 is 28.0 Å². The smallest absolute Gasteiger partial charge is 0.407 e. The van der Waals surface area contributed by atoms with Gasteiger partial charge < -0.3 is 25.4 Å². The summed E-state index contributed by atoms with van der Waals surface area (Å²) in [5, 5.41) is 8.92. The Labute approximate surface area is 157 Å². The minimum atomic E-state index is -0.497. The highest BCUT2D eigenvalue weighted by Gasteiger charge is 2.15. The lowest BCUT2D eigenvalue weighted by Gasteiger charge is -2.19. The van der Waals surface area contributed by atoms with Crippen LogP contribution in [-0.4, -0.2) is 50.9 Å². The zero-order valence-electron chi connectivity index (χ0n) is 15.2. The molecule has 0 aliphatic rings. The lowest BCUT2D eigenvalue weighted by molar-refractivity contribution is 0.0529. The number of hydrogen-bond acceptors (Lipinski definition) is 4. The fraction of sp³-hybridized carbons (Fsp3) is 0.529. The zero-order chi connectivity index (χ0) is 18.7. The van der Waals surface area contributed by atoms with Gasteiger partial charge in [-0.1, -0.05) is 22.0 Å². The van der Waals surface area contributed by atoms with Gasteiger partial charge in [0.2, 0.25) is 0 Å². The topological polar surface area (TPSA) is 84.0 Å². The minimum absolute atomic E-state index is 0.431. The van der Waals surface area contributed by atoms with Crippen molar-refractivity contribution in [2.75, 3.05) is 33.3 Å². The van der Waals surface area contributed by atoms with Gasteiger partial charge in [0.15, 0.2) is 5.96 Å². The zero-order valence-corrected chi connectivity index (χ0v) is 16.8. The van der Waals surface area contributed by atoms with Crippen molar-refractivity contribution < 1.29 is 14.3 Å². The third-order valence-electron chi connectivity index (χ3n) is 2.77. The Balaban J connectivity index is 2.15. The monoisotopic (exact) mass is 414 g/mol. The summed E-state index contributed by atoms with van der Waals surface area (Å²) < 4.78 is 11.8. The van der Waals surface area contributed by atoms with Crippen molar-refractivity contribution in [3.05, 3.63) is 28.7 Å². The number of guanidine groups is 1. The molecule has 0 saturated carbocycles. The maximum Gasteiger partial charge on any atom is 0.407 e. The Hall–Kier alpha value is -1.96. The fourth-order valence-electron chi connectivity index (χ4n) is 1.78. The summed E-state index contributed by atoms with van der Waals surface area (Å²) in [7, 11) is 1.69. The van der Waals surface area contributed by atoms with Crippen molar-refractivity contribution in [1.29, 1.82) is 0 Å². The van der Waals surface area contributed by atoms with Crippen molar-refractivity contribution in [1.82, 2.24) is 16.0 Å². The van der Waals surface area contributed by atoms with Crippen molar-refractivity contribution in [2.45, 2.75) is 26.4 Å². The van der Waals surface area contributed by atoms with Crippen LogP contribution in [-0.2, 0) is 4.74 Å². The molecule has 1 amide bonds. The molecule has 1 rings (SSSR count). The highest BCUT2D eigenvalue weighted by Crippen LogP contribution is 2.17. The van der Waals surface area contributed by atoms with Crippen LogP contribution in [0.5, 0.6) is 5.75 Å². The molecule has 0 bridgehead atoms. The van der Waals surface area contributed by atoms with E-state index in [1.807, 2.05) is 45.0 Å². The van der Waals surface area contributed by atoms with Crippen LogP contribution in [0.3, 0.4) is 0 Å². The van der Waals surface area contributed by atoms with Crippen molar-refractivity contribution in [3.8, 4) is 5.75 Å². The fourth-order valence-corrected chi connectivity index (χ4v) is 2.15. The number of halogens is 1. The Kier molecular flexibility index (Phi) is 9.12. The summed E-state index contributed by atoms with van der Waals surface area (Å²) in [5.41, 5.74) is -0.497. The van der Waals surface area contributed by atoms with Crippen LogP contribution >= 0.6 is 15.9 Å². The van der Waals surface area contributed by atoms with Gasteiger partial charge in [-0.15, -0.1) is 0 Å². The lowest BCUT2D eigenvalue weighted by atomic mass is 10.2. The van der Waals surface area contributed by atoms with Gasteiger partial charge in [0.1, 0.15) is 18.0 Å². The van der Waals surface area contributed by atoms with Gasteiger partial charge in [-0.2, -0.15) is 0 Å². The van der Waals surface area contributed by atoms with E-state index in [2.05, 4.69) is 36.9 Å². The molecular weight excluding hydrogens is 388 g/mol. The molecule has 0 spiro atoms. The molecule has 0 atom stereocenters. The third-order valence-corrected chi connectivity index (χ3v) is 3.26. The Morgan fingerprint density at radius 1 is 1.16 bits per heavy atom. The van der Waals surface area contributed by atoms with E-state index in [1.54, 1.807) is 7.05 Å². The van der Waals surface area contributed by atoms with E-state index in [1.165, 1.54) is 0 Å². The standard InChI is InChI=1S/C17H27BrN4O3/c1-17(2,3)25-16(23)22-9-8-20-15(19-4)21-10-11-24-14-7-5-6-13(18)12-14/h5-7,12H,8-11H2,1-4H3,(H,22,23)(H2,19,20,21). The number of ether oxygens (including phenoxy) is 2. The summed E-state index contributed by atoms with van der Waals surface area (Å²) in [4.78, 5) is 15.6. The quantitative estimate of drug-likeness (QED) is 0.362. The molecule has 0 unspecified atom stereocenters. The number of alkyl carbamates (subject to hydrolysis) is 1. The first kappa shape index (κ1) is 21.1. The number of rotatable bonds is 7. The highest BCUT2D eigenvalue weighted by atomic mass is 79.9. The summed E-state index contributed by atoms with van der Waals surface area (Å²) in [6.07, 6.45) is -0.431. The number of benzene rings is 1. The first-order valence-corrected chi connectivity index (χ1v) is 8.89. The molecule has 25 heavy (non-hydrogen) atoms. The third kappa shape index (κ3) is 10.5. The molecule has 7 nitrogen and oxygen atoms in total. The molecule has 8 heteroatoms. The predicted octanol–water partition coefficient (Wildman–Crippen LogP) is 2.52. The average molecular weight is 415 g/mol. The van der Waals surface area contributed by atoms with Crippen LogP contribution in [0.4, 0.5) is 4.79 Å². The number of hydrogen-bond donors (Lipinski definition) is 3. The van der Waals surface area contributed by atoms with Crippen LogP contribution < -0.4 is 20.7 Å². The lowest BCUT2D eigenvalue weighted by Crippen LogP contribution is -2.43. The maximum atomic E-state index is 11.5. The van der Waals surface area contributed by atoms with Gasteiger partial charge in [0.05, 0.1) is 6.54 Å². The van der Waals surface area contributed by atoms with Gasteiger partial charge >= 0.3 is 6.09 Å². The van der Waals surface area contributed by atoms with Gasteiger partial charge in [-0.25, -0.2) is 4.79 Å². The minimum Gasteiger partial charge on any atom is -0.492 e. The van der Waals surface area contributed by atoms with E-state index < -0.39 is 11.7 Å². The second-order valence-electron chi connectivity index (χ2n) is 6.16. The van der Waals surface area contributed by atoms with E-state index in [-0.39, 0.29) is 0 Å². The van der Waals surface area contributed by atoms with Crippen LogP contribution in [0.1, 0.15) is 20.8 Å². The molecule has 3 N–H and O–H groups in total. The highest BCUT2D eigenvalue weighted by molar-refractivity contribution is 9.10.